The van der Waals surface area contributed by atoms with Gasteiger partial charge in [0.05, 0.1) is 17.9 Å². The SMILES string of the molecule is CCOC(=O)c1c(NC(=O)CSc2ccccc2N)sc2c1CCC2. The number of carbonyl (C=O) groups excluding carboxylic acids is 2. The number of amides is 1. The first-order valence-corrected chi connectivity index (χ1v) is 9.99. The molecule has 1 aromatic carbocycles. The summed E-state index contributed by atoms with van der Waals surface area (Å²) < 4.78 is 5.17. The van der Waals surface area contributed by atoms with Crippen LogP contribution in [0.15, 0.2) is 29.2 Å². The number of ether oxygens (including phenoxy) is 1. The number of carbonyl (C=O) groups is 2. The quantitative estimate of drug-likeness (QED) is 0.456. The Balaban J connectivity index is 1.71. The number of rotatable bonds is 6. The van der Waals surface area contributed by atoms with Gasteiger partial charge < -0.3 is 15.8 Å². The number of nitrogen functional groups attached to an aromatic ring is 1. The van der Waals surface area contributed by atoms with Gasteiger partial charge >= 0.3 is 5.97 Å². The number of esters is 1. The average molecular weight is 377 g/mol. The van der Waals surface area contributed by atoms with Crippen LogP contribution in [0.2, 0.25) is 0 Å². The zero-order valence-electron chi connectivity index (χ0n) is 14.0. The second kappa shape index (κ2) is 7.93. The molecule has 0 fully saturated rings. The van der Waals surface area contributed by atoms with Crippen molar-refractivity contribution in [3.05, 3.63) is 40.3 Å². The van der Waals surface area contributed by atoms with Gasteiger partial charge in [-0.05, 0) is 43.9 Å². The molecule has 0 unspecified atom stereocenters. The number of hydrogen-bond donors (Lipinski definition) is 2. The van der Waals surface area contributed by atoms with Crippen molar-refractivity contribution < 1.29 is 14.3 Å². The van der Waals surface area contributed by atoms with Crippen molar-refractivity contribution in [2.24, 2.45) is 0 Å². The summed E-state index contributed by atoms with van der Waals surface area (Å²) in [4.78, 5) is 26.7. The second-order valence-electron chi connectivity index (χ2n) is 5.66. The molecule has 132 valence electrons. The third-order valence-corrected chi connectivity index (χ3v) is 6.23. The summed E-state index contributed by atoms with van der Waals surface area (Å²) >= 11 is 2.87. The fourth-order valence-electron chi connectivity index (χ4n) is 2.83. The van der Waals surface area contributed by atoms with E-state index in [4.69, 9.17) is 10.5 Å². The van der Waals surface area contributed by atoms with E-state index in [0.29, 0.717) is 22.9 Å². The van der Waals surface area contributed by atoms with Crippen LogP contribution in [-0.2, 0) is 22.4 Å². The molecule has 1 aliphatic rings. The van der Waals surface area contributed by atoms with E-state index in [1.54, 1.807) is 6.92 Å². The highest BCUT2D eigenvalue weighted by molar-refractivity contribution is 8.00. The predicted molar refractivity (Wildman–Crippen MR) is 103 cm³/mol. The Morgan fingerprint density at radius 2 is 2.12 bits per heavy atom. The molecule has 0 saturated heterocycles. The van der Waals surface area contributed by atoms with E-state index in [1.807, 2.05) is 24.3 Å². The van der Waals surface area contributed by atoms with Crippen molar-refractivity contribution in [1.29, 1.82) is 0 Å². The minimum absolute atomic E-state index is 0.154. The number of anilines is 2. The van der Waals surface area contributed by atoms with Crippen LogP contribution >= 0.6 is 23.1 Å². The molecular formula is C18H20N2O3S2. The number of aryl methyl sites for hydroxylation is 1. The Hall–Kier alpha value is -1.99. The second-order valence-corrected chi connectivity index (χ2v) is 7.78. The molecule has 3 N–H and O–H groups in total. The lowest BCUT2D eigenvalue weighted by Gasteiger charge is -2.08. The highest BCUT2D eigenvalue weighted by atomic mass is 32.2. The molecule has 0 spiro atoms. The molecule has 3 rings (SSSR count). The third kappa shape index (κ3) is 3.99. The van der Waals surface area contributed by atoms with E-state index in [0.717, 1.165) is 29.7 Å². The third-order valence-electron chi connectivity index (χ3n) is 3.93. The first-order chi connectivity index (χ1) is 12.1. The molecule has 7 heteroatoms. The molecule has 0 aliphatic heterocycles. The maximum atomic E-state index is 12.3. The molecule has 1 aromatic heterocycles. The number of fused-ring (bicyclic) bond motifs is 1. The highest BCUT2D eigenvalue weighted by Gasteiger charge is 2.28. The zero-order chi connectivity index (χ0) is 17.8. The van der Waals surface area contributed by atoms with Gasteiger partial charge in [0.2, 0.25) is 5.91 Å². The van der Waals surface area contributed by atoms with Crippen LogP contribution in [0.1, 0.15) is 34.1 Å². The van der Waals surface area contributed by atoms with Gasteiger partial charge in [-0.25, -0.2) is 4.79 Å². The van der Waals surface area contributed by atoms with E-state index in [-0.39, 0.29) is 17.6 Å². The van der Waals surface area contributed by atoms with Crippen LogP contribution in [0, 0.1) is 0 Å². The van der Waals surface area contributed by atoms with Crippen LogP contribution in [-0.4, -0.2) is 24.2 Å². The zero-order valence-corrected chi connectivity index (χ0v) is 15.6. The van der Waals surface area contributed by atoms with E-state index < -0.39 is 0 Å². The van der Waals surface area contributed by atoms with E-state index in [1.165, 1.54) is 28.0 Å². The van der Waals surface area contributed by atoms with Gasteiger partial charge in [-0.3, -0.25) is 4.79 Å². The number of hydrogen-bond acceptors (Lipinski definition) is 6. The molecule has 0 saturated carbocycles. The fraction of sp³-hybridized carbons (Fsp3) is 0.333. The summed E-state index contributed by atoms with van der Waals surface area (Å²) in [5.41, 5.74) is 8.13. The molecule has 1 heterocycles. The molecule has 0 bridgehead atoms. The summed E-state index contributed by atoms with van der Waals surface area (Å²) in [6, 6.07) is 7.44. The summed E-state index contributed by atoms with van der Waals surface area (Å²) in [5, 5.41) is 3.49. The predicted octanol–water partition coefficient (Wildman–Crippen LogP) is 3.73. The topological polar surface area (TPSA) is 81.4 Å². The smallest absolute Gasteiger partial charge is 0.341 e. The molecule has 2 aromatic rings. The number of nitrogens with two attached hydrogens (primary N) is 1. The van der Waals surface area contributed by atoms with Crippen molar-refractivity contribution in [3.63, 3.8) is 0 Å². The lowest BCUT2D eigenvalue weighted by Crippen LogP contribution is -2.16. The van der Waals surface area contributed by atoms with Crippen molar-refractivity contribution in [1.82, 2.24) is 0 Å². The summed E-state index contributed by atoms with van der Waals surface area (Å²) in [6.07, 6.45) is 2.87. The normalized spacial score (nSPS) is 12.7. The Bertz CT molecular complexity index is 802. The fourth-order valence-corrected chi connectivity index (χ4v) is 4.89. The molecule has 1 amide bonds. The van der Waals surface area contributed by atoms with E-state index in [2.05, 4.69) is 5.32 Å². The van der Waals surface area contributed by atoms with Crippen LogP contribution in [0.25, 0.3) is 0 Å². The number of nitrogens with one attached hydrogen (secondary N) is 1. The summed E-state index contributed by atoms with van der Waals surface area (Å²) in [6.45, 7) is 2.10. The molecule has 0 radical (unpaired) electrons. The maximum absolute atomic E-state index is 12.3. The van der Waals surface area contributed by atoms with Gasteiger partial charge in [0.1, 0.15) is 5.00 Å². The number of para-hydroxylation sites is 1. The number of thiophene rings is 1. The van der Waals surface area contributed by atoms with Crippen molar-refractivity contribution in [2.45, 2.75) is 31.1 Å². The Labute approximate surface area is 154 Å². The van der Waals surface area contributed by atoms with Gasteiger partial charge in [0, 0.05) is 15.5 Å². The maximum Gasteiger partial charge on any atom is 0.341 e. The molecule has 5 nitrogen and oxygen atoms in total. The van der Waals surface area contributed by atoms with Gasteiger partial charge in [0.25, 0.3) is 0 Å². The van der Waals surface area contributed by atoms with Crippen molar-refractivity contribution >= 4 is 45.7 Å². The van der Waals surface area contributed by atoms with Gasteiger partial charge in [-0.2, -0.15) is 0 Å². The van der Waals surface area contributed by atoms with Gasteiger partial charge in [0.15, 0.2) is 0 Å². The summed E-state index contributed by atoms with van der Waals surface area (Å²) in [7, 11) is 0. The van der Waals surface area contributed by atoms with E-state index >= 15 is 0 Å². The standard InChI is InChI=1S/C18H20N2O3S2/c1-2-23-18(22)16-11-6-5-9-13(11)25-17(16)20-15(21)10-24-14-8-4-3-7-12(14)19/h3-4,7-8H,2,5-6,9-10,19H2,1H3,(H,20,21). The van der Waals surface area contributed by atoms with E-state index in [9.17, 15) is 9.59 Å². The van der Waals surface area contributed by atoms with Crippen molar-refractivity contribution in [3.8, 4) is 0 Å². The lowest BCUT2D eigenvalue weighted by molar-refractivity contribution is -0.113. The minimum Gasteiger partial charge on any atom is -0.462 e. The molecular weight excluding hydrogens is 356 g/mol. The summed E-state index contributed by atoms with van der Waals surface area (Å²) in [5.74, 6) is -0.269. The van der Waals surface area contributed by atoms with Crippen LogP contribution < -0.4 is 11.1 Å². The lowest BCUT2D eigenvalue weighted by atomic mass is 10.1. The van der Waals surface area contributed by atoms with Crippen molar-refractivity contribution in [2.75, 3.05) is 23.4 Å². The Morgan fingerprint density at radius 3 is 2.88 bits per heavy atom. The minimum atomic E-state index is -0.350. The largest absolute Gasteiger partial charge is 0.462 e. The molecule has 0 atom stereocenters. The Morgan fingerprint density at radius 1 is 1.32 bits per heavy atom. The average Bonchev–Trinajstić information content (AvgIpc) is 3.14. The van der Waals surface area contributed by atoms with Gasteiger partial charge in [-0.15, -0.1) is 23.1 Å². The first kappa shape index (κ1) is 17.8. The van der Waals surface area contributed by atoms with Crippen LogP contribution in [0.3, 0.4) is 0 Å². The molecule has 1 aliphatic carbocycles. The number of benzene rings is 1. The van der Waals surface area contributed by atoms with Crippen LogP contribution in [0.5, 0.6) is 0 Å². The van der Waals surface area contributed by atoms with Crippen LogP contribution in [0.4, 0.5) is 10.7 Å². The number of thioether (sulfide) groups is 1. The molecule has 25 heavy (non-hydrogen) atoms. The monoisotopic (exact) mass is 376 g/mol. The van der Waals surface area contributed by atoms with Gasteiger partial charge in [-0.1, -0.05) is 12.1 Å². The highest BCUT2D eigenvalue weighted by Crippen LogP contribution is 2.39. The Kier molecular flexibility index (Phi) is 5.65. The first-order valence-electron chi connectivity index (χ1n) is 8.19.